The van der Waals surface area contributed by atoms with E-state index >= 15 is 0 Å². The maximum absolute atomic E-state index is 5.83. The zero-order valence-corrected chi connectivity index (χ0v) is 10.4. The lowest BCUT2D eigenvalue weighted by Crippen LogP contribution is -2.48. The van der Waals surface area contributed by atoms with Gasteiger partial charge in [0.1, 0.15) is 0 Å². The highest BCUT2D eigenvalue weighted by Gasteiger charge is 2.27. The summed E-state index contributed by atoms with van der Waals surface area (Å²) in [5.41, 5.74) is 0. The molecule has 0 amide bonds. The number of rotatable bonds is 5. The standard InChI is InChI=1S/C11H23NOS/c1-4-9(3)11(12-5-2)10-8-14-7-6-13-10/h9-12H,4-8H2,1-3H3. The fourth-order valence-electron chi connectivity index (χ4n) is 1.90. The van der Waals surface area contributed by atoms with Gasteiger partial charge in [0.25, 0.3) is 0 Å². The second-order valence-electron chi connectivity index (χ2n) is 3.95. The van der Waals surface area contributed by atoms with Crippen LogP contribution in [0.2, 0.25) is 0 Å². The van der Waals surface area contributed by atoms with Gasteiger partial charge in [0.2, 0.25) is 0 Å². The Morgan fingerprint density at radius 1 is 1.50 bits per heavy atom. The van der Waals surface area contributed by atoms with Crippen LogP contribution in [0.25, 0.3) is 0 Å². The molecule has 2 nitrogen and oxygen atoms in total. The molecule has 0 spiro atoms. The molecule has 1 aliphatic heterocycles. The van der Waals surface area contributed by atoms with Gasteiger partial charge in [-0.15, -0.1) is 0 Å². The largest absolute Gasteiger partial charge is 0.375 e. The van der Waals surface area contributed by atoms with Crippen LogP contribution in [0.1, 0.15) is 27.2 Å². The molecule has 0 aromatic rings. The maximum atomic E-state index is 5.83. The minimum Gasteiger partial charge on any atom is -0.375 e. The molecule has 3 unspecified atom stereocenters. The molecule has 1 rings (SSSR count). The zero-order chi connectivity index (χ0) is 10.4. The summed E-state index contributed by atoms with van der Waals surface area (Å²) in [6.45, 7) is 8.71. The molecule has 0 aromatic carbocycles. The van der Waals surface area contributed by atoms with Crippen LogP contribution in [0.3, 0.4) is 0 Å². The first kappa shape index (κ1) is 12.3. The Balaban J connectivity index is 2.46. The van der Waals surface area contributed by atoms with Crippen molar-refractivity contribution < 1.29 is 4.74 Å². The summed E-state index contributed by atoms with van der Waals surface area (Å²) >= 11 is 2.02. The molecule has 0 saturated carbocycles. The highest BCUT2D eigenvalue weighted by atomic mass is 32.2. The monoisotopic (exact) mass is 217 g/mol. The van der Waals surface area contributed by atoms with Gasteiger partial charge < -0.3 is 10.1 Å². The molecule has 1 N–H and O–H groups in total. The zero-order valence-electron chi connectivity index (χ0n) is 9.58. The molecule has 3 heteroatoms. The van der Waals surface area contributed by atoms with Gasteiger partial charge in [-0.3, -0.25) is 0 Å². The third kappa shape index (κ3) is 3.44. The van der Waals surface area contributed by atoms with Crippen molar-refractivity contribution in [3.8, 4) is 0 Å². The average Bonchev–Trinajstić information content (AvgIpc) is 2.26. The van der Waals surface area contributed by atoms with Crippen LogP contribution in [0.15, 0.2) is 0 Å². The van der Waals surface area contributed by atoms with E-state index in [0.717, 1.165) is 24.7 Å². The Kier molecular flexibility index (Phi) is 5.90. The Bertz CT molecular complexity index is 148. The van der Waals surface area contributed by atoms with Crippen molar-refractivity contribution in [1.29, 1.82) is 0 Å². The van der Waals surface area contributed by atoms with Crippen molar-refractivity contribution in [2.45, 2.75) is 39.3 Å². The van der Waals surface area contributed by atoms with Crippen LogP contribution in [-0.4, -0.2) is 36.8 Å². The van der Waals surface area contributed by atoms with E-state index in [9.17, 15) is 0 Å². The highest BCUT2D eigenvalue weighted by molar-refractivity contribution is 7.99. The molecule has 1 saturated heterocycles. The lowest BCUT2D eigenvalue weighted by molar-refractivity contribution is 0.0320. The summed E-state index contributed by atoms with van der Waals surface area (Å²) < 4.78 is 5.83. The first-order chi connectivity index (χ1) is 6.79. The molecule has 3 atom stereocenters. The van der Waals surface area contributed by atoms with Crippen LogP contribution in [0.4, 0.5) is 0 Å². The molecular formula is C11H23NOS. The maximum Gasteiger partial charge on any atom is 0.0821 e. The molecule has 0 aliphatic carbocycles. The fraction of sp³-hybridized carbons (Fsp3) is 1.00. The minimum atomic E-state index is 0.420. The van der Waals surface area contributed by atoms with Crippen molar-refractivity contribution in [1.82, 2.24) is 5.32 Å². The minimum absolute atomic E-state index is 0.420. The smallest absolute Gasteiger partial charge is 0.0821 e. The first-order valence-electron chi connectivity index (χ1n) is 5.72. The molecule has 1 aliphatic rings. The Labute approximate surface area is 92.2 Å². The summed E-state index contributed by atoms with van der Waals surface area (Å²) in [7, 11) is 0. The second-order valence-corrected chi connectivity index (χ2v) is 5.10. The number of thioether (sulfide) groups is 1. The lowest BCUT2D eigenvalue weighted by atomic mass is 9.95. The number of likely N-dealkylation sites (N-methyl/N-ethyl adjacent to an activating group) is 1. The summed E-state index contributed by atoms with van der Waals surface area (Å²) in [6, 6.07) is 0.540. The Morgan fingerprint density at radius 3 is 2.79 bits per heavy atom. The van der Waals surface area contributed by atoms with E-state index < -0.39 is 0 Å². The van der Waals surface area contributed by atoms with Crippen molar-refractivity contribution in [3.63, 3.8) is 0 Å². The van der Waals surface area contributed by atoms with Crippen molar-refractivity contribution >= 4 is 11.8 Å². The second kappa shape index (κ2) is 6.70. The summed E-state index contributed by atoms with van der Waals surface area (Å²) in [6.07, 6.45) is 1.64. The summed E-state index contributed by atoms with van der Waals surface area (Å²) in [4.78, 5) is 0. The molecule has 0 bridgehead atoms. The topological polar surface area (TPSA) is 21.3 Å². The van der Waals surface area contributed by atoms with Crippen LogP contribution in [-0.2, 0) is 4.74 Å². The van der Waals surface area contributed by atoms with Gasteiger partial charge in [-0.25, -0.2) is 0 Å². The van der Waals surface area contributed by atoms with E-state index in [4.69, 9.17) is 4.74 Å². The van der Waals surface area contributed by atoms with Crippen molar-refractivity contribution in [3.05, 3.63) is 0 Å². The van der Waals surface area contributed by atoms with E-state index in [-0.39, 0.29) is 0 Å². The normalized spacial score (nSPS) is 27.2. The van der Waals surface area contributed by atoms with Crippen LogP contribution in [0, 0.1) is 5.92 Å². The van der Waals surface area contributed by atoms with E-state index in [1.54, 1.807) is 0 Å². The third-order valence-corrected chi connectivity index (χ3v) is 3.96. The number of hydrogen-bond donors (Lipinski definition) is 1. The van der Waals surface area contributed by atoms with Gasteiger partial charge in [0.15, 0.2) is 0 Å². The van der Waals surface area contributed by atoms with Gasteiger partial charge in [-0.1, -0.05) is 27.2 Å². The Hall–Kier alpha value is 0.270. The van der Waals surface area contributed by atoms with Crippen LogP contribution < -0.4 is 5.32 Å². The average molecular weight is 217 g/mol. The van der Waals surface area contributed by atoms with Gasteiger partial charge in [0.05, 0.1) is 12.7 Å². The first-order valence-corrected chi connectivity index (χ1v) is 6.87. The molecular weight excluding hydrogens is 194 g/mol. The van der Waals surface area contributed by atoms with Crippen molar-refractivity contribution in [2.24, 2.45) is 5.92 Å². The third-order valence-electron chi connectivity index (χ3n) is 2.94. The van der Waals surface area contributed by atoms with E-state index in [0.29, 0.717) is 18.1 Å². The van der Waals surface area contributed by atoms with Gasteiger partial charge in [-0.05, 0) is 12.5 Å². The van der Waals surface area contributed by atoms with Crippen molar-refractivity contribution in [2.75, 3.05) is 24.7 Å². The fourth-order valence-corrected chi connectivity index (χ4v) is 2.82. The van der Waals surface area contributed by atoms with Gasteiger partial charge in [0, 0.05) is 17.5 Å². The number of hydrogen-bond acceptors (Lipinski definition) is 3. The van der Waals surface area contributed by atoms with Gasteiger partial charge >= 0.3 is 0 Å². The van der Waals surface area contributed by atoms with E-state index in [1.807, 2.05) is 11.8 Å². The van der Waals surface area contributed by atoms with E-state index in [1.165, 1.54) is 6.42 Å². The predicted octanol–water partition coefficient (Wildman–Crippen LogP) is 2.14. The number of nitrogens with one attached hydrogen (secondary N) is 1. The quantitative estimate of drug-likeness (QED) is 0.762. The highest BCUT2D eigenvalue weighted by Crippen LogP contribution is 2.21. The van der Waals surface area contributed by atoms with Gasteiger partial charge in [-0.2, -0.15) is 11.8 Å². The predicted molar refractivity (Wildman–Crippen MR) is 64.0 cm³/mol. The molecule has 1 heterocycles. The molecule has 14 heavy (non-hydrogen) atoms. The van der Waals surface area contributed by atoms with Crippen LogP contribution in [0.5, 0.6) is 0 Å². The molecule has 84 valence electrons. The number of ether oxygens (including phenoxy) is 1. The molecule has 0 radical (unpaired) electrons. The van der Waals surface area contributed by atoms with E-state index in [2.05, 4.69) is 26.1 Å². The molecule has 0 aromatic heterocycles. The summed E-state index contributed by atoms with van der Waals surface area (Å²) in [5, 5.41) is 3.56. The van der Waals surface area contributed by atoms with Crippen LogP contribution >= 0.6 is 11.8 Å². The SMILES string of the molecule is CCNC(C(C)CC)C1CSCCO1. The molecule has 1 fully saturated rings. The Morgan fingerprint density at radius 2 is 2.29 bits per heavy atom. The lowest BCUT2D eigenvalue weighted by Gasteiger charge is -2.34. The summed E-state index contributed by atoms with van der Waals surface area (Å²) in [5.74, 6) is 3.02.